The van der Waals surface area contributed by atoms with E-state index in [0.717, 1.165) is 29.3 Å². The molecule has 0 fully saturated rings. The fraction of sp³-hybridized carbons (Fsp3) is 0.200. The van der Waals surface area contributed by atoms with E-state index in [1.807, 2.05) is 42.5 Å². The van der Waals surface area contributed by atoms with Gasteiger partial charge in [0.1, 0.15) is 0 Å². The highest BCUT2D eigenvalue weighted by Gasteiger charge is 2.25. The van der Waals surface area contributed by atoms with Crippen LogP contribution < -0.4 is 10.4 Å². The van der Waals surface area contributed by atoms with Gasteiger partial charge in [-0.05, 0) is 106 Å². The van der Waals surface area contributed by atoms with Crippen LogP contribution in [-0.2, 0) is 12.8 Å². The molecule has 0 heterocycles. The Balaban J connectivity index is 0.000000423. The summed E-state index contributed by atoms with van der Waals surface area (Å²) in [5, 5.41) is 25.6. The number of rotatable bonds is 5. The Bertz CT molecular complexity index is 1820. The minimum Gasteiger partial charge on any atom is -0.478 e. The Labute approximate surface area is 248 Å². The van der Waals surface area contributed by atoms with Crippen LogP contribution in [0.1, 0.15) is 63.1 Å². The fourth-order valence-electron chi connectivity index (χ4n) is 6.03. The molecular formula is C35H30Cl2O4. The zero-order valence-electron chi connectivity index (χ0n) is 22.6. The van der Waals surface area contributed by atoms with Gasteiger partial charge in [-0.15, -0.1) is 0 Å². The van der Waals surface area contributed by atoms with Gasteiger partial charge in [0.15, 0.2) is 0 Å². The maximum atomic E-state index is 11.8. The van der Waals surface area contributed by atoms with Gasteiger partial charge in [0, 0.05) is 16.0 Å². The average Bonchev–Trinajstić information content (AvgIpc) is 2.96. The predicted molar refractivity (Wildman–Crippen MR) is 164 cm³/mol. The largest absolute Gasteiger partial charge is 0.478 e. The Hall–Kier alpha value is -3.86. The van der Waals surface area contributed by atoms with Gasteiger partial charge in [0.05, 0.1) is 11.1 Å². The topological polar surface area (TPSA) is 74.6 Å². The number of fused-ring (bicyclic) bond motifs is 4. The Kier molecular flexibility index (Phi) is 8.63. The highest BCUT2D eigenvalue weighted by Crippen LogP contribution is 2.31. The van der Waals surface area contributed by atoms with Crippen LogP contribution in [0.25, 0.3) is 12.2 Å². The minimum atomic E-state index is -1.09. The summed E-state index contributed by atoms with van der Waals surface area (Å²) in [6.45, 7) is 2.20. The van der Waals surface area contributed by atoms with Gasteiger partial charge >= 0.3 is 11.9 Å². The van der Waals surface area contributed by atoms with Crippen LogP contribution in [0.4, 0.5) is 0 Å². The average molecular weight is 586 g/mol. The van der Waals surface area contributed by atoms with Crippen LogP contribution in [0.3, 0.4) is 0 Å². The van der Waals surface area contributed by atoms with Crippen molar-refractivity contribution in [1.29, 1.82) is 0 Å². The molecule has 6 rings (SSSR count). The normalized spacial score (nSPS) is 16.5. The van der Waals surface area contributed by atoms with Gasteiger partial charge in [-0.1, -0.05) is 84.7 Å². The standard InChI is InChI=1S/C29H25ClO4.C6H5Cl/c1-2-17-14-19-15-20(30)8-11-21(19)23-10-7-18-12-16(6-9-22(18)27(17)23)13-26-24(28(31)32)4-3-5-25(26)29(33)34;7-6-4-2-1-3-5-6/h3-5,7-8,10-12,14-17H,2,6,9,13H2,1H3,(H,31,32)(H,33,34);1-5H. The number of carbonyl (C=O) groups is 2. The summed E-state index contributed by atoms with van der Waals surface area (Å²) in [6, 6.07) is 24.3. The van der Waals surface area contributed by atoms with Gasteiger partial charge in [0.25, 0.3) is 0 Å². The number of halogens is 2. The molecular weight excluding hydrogens is 555 g/mol. The van der Waals surface area contributed by atoms with Gasteiger partial charge in [-0.2, -0.15) is 0 Å². The molecule has 2 atom stereocenters. The van der Waals surface area contributed by atoms with E-state index in [9.17, 15) is 19.8 Å². The van der Waals surface area contributed by atoms with E-state index in [1.165, 1.54) is 50.2 Å². The molecule has 0 aromatic heterocycles. The highest BCUT2D eigenvalue weighted by atomic mass is 35.5. The second-order valence-electron chi connectivity index (χ2n) is 10.4. The van der Waals surface area contributed by atoms with Gasteiger partial charge in [0.2, 0.25) is 0 Å². The number of carboxylic acid groups (broad SMARTS) is 2. The van der Waals surface area contributed by atoms with Crippen LogP contribution in [0, 0.1) is 16.4 Å². The fourth-order valence-corrected chi connectivity index (χ4v) is 6.35. The molecule has 0 bridgehead atoms. The lowest BCUT2D eigenvalue weighted by Gasteiger charge is -2.26. The minimum absolute atomic E-state index is 0.0699. The molecule has 4 aromatic rings. The van der Waals surface area contributed by atoms with Crippen molar-refractivity contribution in [2.45, 2.75) is 38.5 Å². The molecule has 2 aliphatic carbocycles. The van der Waals surface area contributed by atoms with Crippen LogP contribution in [0.15, 0.2) is 78.9 Å². The predicted octanol–water partition coefficient (Wildman–Crippen LogP) is 7.24. The maximum absolute atomic E-state index is 11.8. The summed E-state index contributed by atoms with van der Waals surface area (Å²) >= 11 is 11.8. The third-order valence-electron chi connectivity index (χ3n) is 7.91. The van der Waals surface area contributed by atoms with Gasteiger partial charge in [-0.3, -0.25) is 0 Å². The van der Waals surface area contributed by atoms with E-state index in [0.29, 0.717) is 17.9 Å². The lowest BCUT2D eigenvalue weighted by Crippen LogP contribution is -2.26. The van der Waals surface area contributed by atoms with Crippen molar-refractivity contribution in [2.75, 3.05) is 0 Å². The van der Waals surface area contributed by atoms with Crippen LogP contribution in [0.2, 0.25) is 10.0 Å². The van der Waals surface area contributed by atoms with E-state index in [1.54, 1.807) is 0 Å². The number of carboxylic acids is 2. The van der Waals surface area contributed by atoms with Crippen molar-refractivity contribution >= 4 is 47.3 Å². The SMILES string of the molecule is CCC1C=c2cc(Cl)ccc2=c2ccc3c(c21)CCC(Cc1c(C(=O)O)cccc1C(=O)O)C=3.Clc1ccccc1. The first-order valence-electron chi connectivity index (χ1n) is 13.7. The molecule has 41 heavy (non-hydrogen) atoms. The number of hydrogen-bond acceptors (Lipinski definition) is 2. The monoisotopic (exact) mass is 584 g/mol. The van der Waals surface area contributed by atoms with Crippen LogP contribution in [0.5, 0.6) is 0 Å². The van der Waals surface area contributed by atoms with Gasteiger partial charge < -0.3 is 10.2 Å². The summed E-state index contributed by atoms with van der Waals surface area (Å²) < 4.78 is 0. The third-order valence-corrected chi connectivity index (χ3v) is 8.39. The Morgan fingerprint density at radius 1 is 0.780 bits per heavy atom. The molecule has 0 radical (unpaired) electrons. The quantitative estimate of drug-likeness (QED) is 0.259. The summed E-state index contributed by atoms with van der Waals surface area (Å²) in [5.41, 5.74) is 3.26. The summed E-state index contributed by atoms with van der Waals surface area (Å²) in [6.07, 6.45) is 7.63. The van der Waals surface area contributed by atoms with Crippen molar-refractivity contribution in [3.63, 3.8) is 0 Å². The zero-order valence-corrected chi connectivity index (χ0v) is 24.1. The first-order valence-corrected chi connectivity index (χ1v) is 14.5. The number of aromatic carboxylic acids is 2. The van der Waals surface area contributed by atoms with Crippen LogP contribution >= 0.6 is 23.2 Å². The second-order valence-corrected chi connectivity index (χ2v) is 11.3. The molecule has 0 amide bonds. The lowest BCUT2D eigenvalue weighted by atomic mass is 9.78. The molecule has 208 valence electrons. The second kappa shape index (κ2) is 12.3. The van der Waals surface area contributed by atoms with Crippen molar-refractivity contribution in [2.24, 2.45) is 5.92 Å². The first kappa shape index (κ1) is 28.7. The molecule has 0 spiro atoms. The van der Waals surface area contributed by atoms with Crippen LogP contribution in [-0.4, -0.2) is 22.2 Å². The molecule has 4 aromatic carbocycles. The molecule has 0 aliphatic heterocycles. The molecule has 4 nitrogen and oxygen atoms in total. The molecule has 0 saturated carbocycles. The van der Waals surface area contributed by atoms with Crippen molar-refractivity contribution in [3.8, 4) is 0 Å². The summed E-state index contributed by atoms with van der Waals surface area (Å²) in [7, 11) is 0. The lowest BCUT2D eigenvalue weighted by molar-refractivity contribution is 0.0695. The number of benzene rings is 4. The van der Waals surface area contributed by atoms with E-state index >= 15 is 0 Å². The first-order chi connectivity index (χ1) is 19.8. The smallest absolute Gasteiger partial charge is 0.335 e. The third kappa shape index (κ3) is 6.09. The molecule has 2 aliphatic rings. The Morgan fingerprint density at radius 3 is 2.07 bits per heavy atom. The highest BCUT2D eigenvalue weighted by molar-refractivity contribution is 6.30. The number of hydrogen-bond donors (Lipinski definition) is 2. The van der Waals surface area contributed by atoms with E-state index in [2.05, 4.69) is 37.3 Å². The van der Waals surface area contributed by atoms with E-state index < -0.39 is 11.9 Å². The molecule has 2 unspecified atom stereocenters. The van der Waals surface area contributed by atoms with Gasteiger partial charge in [-0.25, -0.2) is 9.59 Å². The molecule has 6 heteroatoms. The van der Waals surface area contributed by atoms with Crippen molar-refractivity contribution in [1.82, 2.24) is 0 Å². The van der Waals surface area contributed by atoms with E-state index in [4.69, 9.17) is 23.2 Å². The zero-order chi connectivity index (χ0) is 29.1. The van der Waals surface area contributed by atoms with Crippen molar-refractivity contribution < 1.29 is 19.8 Å². The Morgan fingerprint density at radius 2 is 1.46 bits per heavy atom. The molecule has 2 N–H and O–H groups in total. The van der Waals surface area contributed by atoms with Crippen molar-refractivity contribution in [3.05, 3.63) is 138 Å². The molecule has 0 saturated heterocycles. The summed E-state index contributed by atoms with van der Waals surface area (Å²) in [5.74, 6) is -1.80. The van der Waals surface area contributed by atoms with E-state index in [-0.39, 0.29) is 17.0 Å². The maximum Gasteiger partial charge on any atom is 0.335 e. The summed E-state index contributed by atoms with van der Waals surface area (Å²) in [4.78, 5) is 23.5.